The molecule has 8 nitrogen and oxygen atoms in total. The van der Waals surface area contributed by atoms with Crippen molar-refractivity contribution in [3.05, 3.63) is 6.33 Å². The third kappa shape index (κ3) is 2.19. The average molecular weight is 304 g/mol. The third-order valence-corrected chi connectivity index (χ3v) is 4.42. The fourth-order valence-corrected chi connectivity index (χ4v) is 3.30. The molecule has 2 aromatic rings. The Kier molecular flexibility index (Phi) is 3.34. The molecule has 0 amide bonds. The van der Waals surface area contributed by atoms with E-state index in [4.69, 9.17) is 10.5 Å². The Morgan fingerprint density at radius 1 is 1.27 bits per heavy atom. The van der Waals surface area contributed by atoms with Crippen LogP contribution in [0.1, 0.15) is 31.9 Å². The molecule has 0 saturated carbocycles. The zero-order valence-electron chi connectivity index (χ0n) is 12.4. The van der Waals surface area contributed by atoms with Crippen LogP contribution in [-0.2, 0) is 4.74 Å². The largest absolute Gasteiger partial charge is 0.394 e. The number of aliphatic hydroxyl groups is 1. The number of nitrogens with zero attached hydrogens (tertiary/aromatic N) is 5. The number of fused-ring (bicyclic) bond motifs is 1. The molecule has 22 heavy (non-hydrogen) atoms. The van der Waals surface area contributed by atoms with E-state index in [0.29, 0.717) is 5.65 Å². The molecule has 0 aromatic carbocycles. The van der Waals surface area contributed by atoms with Gasteiger partial charge in [0.2, 0.25) is 5.95 Å². The second kappa shape index (κ2) is 5.36. The predicted molar refractivity (Wildman–Crippen MR) is 81.4 cm³/mol. The van der Waals surface area contributed by atoms with Gasteiger partial charge in [-0.3, -0.25) is 4.57 Å². The molecule has 0 unspecified atom stereocenters. The van der Waals surface area contributed by atoms with Crippen LogP contribution >= 0.6 is 0 Å². The van der Waals surface area contributed by atoms with Crippen molar-refractivity contribution in [2.45, 2.75) is 38.0 Å². The first-order chi connectivity index (χ1) is 10.8. The molecule has 2 saturated heterocycles. The number of imidazole rings is 1. The van der Waals surface area contributed by atoms with Gasteiger partial charge in [0.25, 0.3) is 0 Å². The van der Waals surface area contributed by atoms with Crippen LogP contribution in [-0.4, -0.2) is 50.4 Å². The topological polar surface area (TPSA) is 102 Å². The number of rotatable bonds is 3. The van der Waals surface area contributed by atoms with Gasteiger partial charge in [0.1, 0.15) is 6.23 Å². The number of aromatic nitrogens is 4. The highest BCUT2D eigenvalue weighted by Gasteiger charge is 2.29. The SMILES string of the molecule is Nc1nc(N2CCCC2)c2ncn([C@H]3CC[C@@H](CO)O3)c2n1. The zero-order chi connectivity index (χ0) is 15.1. The summed E-state index contributed by atoms with van der Waals surface area (Å²) in [6, 6.07) is 0. The van der Waals surface area contributed by atoms with Gasteiger partial charge in [0.15, 0.2) is 17.0 Å². The summed E-state index contributed by atoms with van der Waals surface area (Å²) in [6.07, 6.45) is 5.47. The van der Waals surface area contributed by atoms with Crippen molar-refractivity contribution in [3.8, 4) is 0 Å². The van der Waals surface area contributed by atoms with E-state index in [1.807, 2.05) is 4.57 Å². The number of nitrogens with two attached hydrogens (primary N) is 1. The molecule has 0 aliphatic carbocycles. The van der Waals surface area contributed by atoms with E-state index in [0.717, 1.165) is 50.1 Å². The number of aliphatic hydroxyl groups excluding tert-OH is 1. The molecule has 2 fully saturated rings. The van der Waals surface area contributed by atoms with Crippen LogP contribution in [0.3, 0.4) is 0 Å². The number of ether oxygens (including phenoxy) is 1. The lowest BCUT2D eigenvalue weighted by molar-refractivity contribution is -0.0207. The monoisotopic (exact) mass is 304 g/mol. The van der Waals surface area contributed by atoms with Crippen LogP contribution in [0, 0.1) is 0 Å². The molecule has 118 valence electrons. The fourth-order valence-electron chi connectivity index (χ4n) is 3.30. The Hall–Kier alpha value is -1.93. The number of anilines is 2. The number of hydrogen-bond acceptors (Lipinski definition) is 7. The summed E-state index contributed by atoms with van der Waals surface area (Å²) in [5.74, 6) is 1.07. The van der Waals surface area contributed by atoms with Crippen molar-refractivity contribution < 1.29 is 9.84 Å². The van der Waals surface area contributed by atoms with Crippen LogP contribution in [0.25, 0.3) is 11.2 Å². The van der Waals surface area contributed by atoms with Gasteiger partial charge in [0.05, 0.1) is 19.0 Å². The Balaban J connectivity index is 1.75. The fraction of sp³-hybridized carbons (Fsp3) is 0.643. The molecule has 3 N–H and O–H groups in total. The van der Waals surface area contributed by atoms with Crippen LogP contribution in [0.2, 0.25) is 0 Å². The van der Waals surface area contributed by atoms with E-state index >= 15 is 0 Å². The van der Waals surface area contributed by atoms with E-state index in [9.17, 15) is 5.11 Å². The molecule has 2 aliphatic rings. The molecule has 0 spiro atoms. The maximum atomic E-state index is 9.22. The first-order valence-corrected chi connectivity index (χ1v) is 7.77. The summed E-state index contributed by atoms with van der Waals surface area (Å²) in [6.45, 7) is 2.00. The summed E-state index contributed by atoms with van der Waals surface area (Å²) in [5.41, 5.74) is 7.38. The lowest BCUT2D eigenvalue weighted by Gasteiger charge is -2.18. The summed E-state index contributed by atoms with van der Waals surface area (Å²) < 4.78 is 7.73. The minimum Gasteiger partial charge on any atom is -0.394 e. The molecular formula is C14H20N6O2. The number of nitrogen functional groups attached to an aromatic ring is 1. The zero-order valence-corrected chi connectivity index (χ0v) is 12.4. The molecule has 4 heterocycles. The first-order valence-electron chi connectivity index (χ1n) is 7.77. The van der Waals surface area contributed by atoms with Crippen molar-refractivity contribution in [1.82, 2.24) is 19.5 Å². The molecule has 8 heteroatoms. The van der Waals surface area contributed by atoms with Crippen LogP contribution in [0.4, 0.5) is 11.8 Å². The van der Waals surface area contributed by atoms with Crippen molar-refractivity contribution in [2.24, 2.45) is 0 Å². The second-order valence-corrected chi connectivity index (χ2v) is 5.90. The summed E-state index contributed by atoms with van der Waals surface area (Å²) in [7, 11) is 0. The lowest BCUT2D eigenvalue weighted by atomic mass is 10.2. The molecule has 0 bridgehead atoms. The summed E-state index contributed by atoms with van der Waals surface area (Å²) >= 11 is 0. The quantitative estimate of drug-likeness (QED) is 0.859. The first kappa shape index (κ1) is 13.7. The van der Waals surface area contributed by atoms with E-state index in [1.54, 1.807) is 6.33 Å². The van der Waals surface area contributed by atoms with Gasteiger partial charge in [-0.25, -0.2) is 4.98 Å². The van der Waals surface area contributed by atoms with Crippen molar-refractivity contribution >= 4 is 22.9 Å². The predicted octanol–water partition coefficient (Wildman–Crippen LogP) is 0.679. The van der Waals surface area contributed by atoms with Gasteiger partial charge in [-0.15, -0.1) is 0 Å². The standard InChI is InChI=1S/C14H20N6O2/c15-14-17-12(19-5-1-2-6-19)11-13(18-14)20(8-16-11)10-4-3-9(7-21)22-10/h8-10,21H,1-7H2,(H2,15,17,18)/t9-,10+/m0/s1. The maximum absolute atomic E-state index is 9.22. The van der Waals surface area contributed by atoms with Gasteiger partial charge >= 0.3 is 0 Å². The van der Waals surface area contributed by atoms with Gasteiger partial charge in [0, 0.05) is 13.1 Å². The molecule has 2 atom stereocenters. The highest BCUT2D eigenvalue weighted by atomic mass is 16.5. The summed E-state index contributed by atoms with van der Waals surface area (Å²) in [5, 5.41) is 9.22. The van der Waals surface area contributed by atoms with Gasteiger partial charge in [-0.1, -0.05) is 0 Å². The molecule has 0 radical (unpaired) electrons. The second-order valence-electron chi connectivity index (χ2n) is 5.90. The minimum absolute atomic E-state index is 0.0410. The Morgan fingerprint density at radius 3 is 2.82 bits per heavy atom. The summed E-state index contributed by atoms with van der Waals surface area (Å²) in [4.78, 5) is 15.5. The van der Waals surface area contributed by atoms with Crippen LogP contribution in [0.5, 0.6) is 0 Å². The Labute approximate surface area is 127 Å². The molecule has 2 aliphatic heterocycles. The van der Waals surface area contributed by atoms with Crippen molar-refractivity contribution in [1.29, 1.82) is 0 Å². The van der Waals surface area contributed by atoms with Gasteiger partial charge < -0.3 is 20.5 Å². The van der Waals surface area contributed by atoms with Crippen molar-refractivity contribution in [3.63, 3.8) is 0 Å². The lowest BCUT2D eigenvalue weighted by Crippen LogP contribution is -2.20. The highest BCUT2D eigenvalue weighted by molar-refractivity contribution is 5.85. The van der Waals surface area contributed by atoms with E-state index in [-0.39, 0.29) is 24.9 Å². The van der Waals surface area contributed by atoms with Gasteiger partial charge in [-0.05, 0) is 25.7 Å². The van der Waals surface area contributed by atoms with Crippen molar-refractivity contribution in [2.75, 3.05) is 30.3 Å². The molecular weight excluding hydrogens is 284 g/mol. The smallest absolute Gasteiger partial charge is 0.224 e. The highest BCUT2D eigenvalue weighted by Crippen LogP contribution is 2.33. The minimum atomic E-state index is -0.150. The van der Waals surface area contributed by atoms with E-state index in [2.05, 4.69) is 19.9 Å². The van der Waals surface area contributed by atoms with E-state index in [1.165, 1.54) is 0 Å². The maximum Gasteiger partial charge on any atom is 0.224 e. The Bertz CT molecular complexity index is 681. The third-order valence-electron chi connectivity index (χ3n) is 4.42. The Morgan fingerprint density at radius 2 is 2.09 bits per heavy atom. The van der Waals surface area contributed by atoms with Gasteiger partial charge in [-0.2, -0.15) is 9.97 Å². The van der Waals surface area contributed by atoms with Crippen LogP contribution in [0.15, 0.2) is 6.33 Å². The normalized spacial score (nSPS) is 25.4. The molecule has 2 aromatic heterocycles. The molecule has 4 rings (SSSR count). The average Bonchev–Trinajstić information content (AvgIpc) is 3.25. The van der Waals surface area contributed by atoms with Crippen LogP contribution < -0.4 is 10.6 Å². The number of hydrogen-bond donors (Lipinski definition) is 2. The van der Waals surface area contributed by atoms with E-state index < -0.39 is 0 Å².